The number of carboxylic acid groups (broad SMARTS) is 1. The SMILES string of the molecule is COc1ccnc(-c2cnc(N)c(C(=O)O)n2)c1C(F)(F)F. The summed E-state index contributed by atoms with van der Waals surface area (Å²) in [5.41, 5.74) is 2.52. The molecule has 2 aromatic rings. The van der Waals surface area contributed by atoms with E-state index in [1.165, 1.54) is 0 Å². The lowest BCUT2D eigenvalue weighted by atomic mass is 10.1. The van der Waals surface area contributed by atoms with Gasteiger partial charge in [0.25, 0.3) is 0 Å². The quantitative estimate of drug-likeness (QED) is 0.889. The molecule has 0 spiro atoms. The van der Waals surface area contributed by atoms with Crippen LogP contribution in [0, 0.1) is 0 Å². The van der Waals surface area contributed by atoms with Gasteiger partial charge in [-0.15, -0.1) is 0 Å². The van der Waals surface area contributed by atoms with Crippen molar-refractivity contribution in [3.63, 3.8) is 0 Å². The first-order chi connectivity index (χ1) is 10.3. The maximum atomic E-state index is 13.2. The zero-order chi connectivity index (χ0) is 16.5. The molecule has 0 fully saturated rings. The van der Waals surface area contributed by atoms with Crippen LogP contribution in [0.1, 0.15) is 16.1 Å². The molecular formula is C12H9F3N4O3. The summed E-state index contributed by atoms with van der Waals surface area (Å²) < 4.78 is 44.3. The number of nitrogens with two attached hydrogens (primary N) is 1. The van der Waals surface area contributed by atoms with E-state index in [9.17, 15) is 18.0 Å². The Morgan fingerprint density at radius 2 is 2.05 bits per heavy atom. The Hall–Kier alpha value is -2.91. The van der Waals surface area contributed by atoms with E-state index in [-0.39, 0.29) is 5.69 Å². The number of carbonyl (C=O) groups is 1. The zero-order valence-electron chi connectivity index (χ0n) is 11.0. The lowest BCUT2D eigenvalue weighted by Crippen LogP contribution is -2.13. The highest BCUT2D eigenvalue weighted by Crippen LogP contribution is 2.41. The van der Waals surface area contributed by atoms with Crippen molar-refractivity contribution >= 4 is 11.8 Å². The molecule has 2 heterocycles. The highest BCUT2D eigenvalue weighted by molar-refractivity contribution is 5.90. The number of aromatic nitrogens is 3. The lowest BCUT2D eigenvalue weighted by Gasteiger charge is -2.15. The Morgan fingerprint density at radius 3 is 2.59 bits per heavy atom. The van der Waals surface area contributed by atoms with Crippen LogP contribution in [-0.4, -0.2) is 33.1 Å². The molecule has 0 amide bonds. The second-order valence-corrected chi connectivity index (χ2v) is 4.03. The molecule has 0 atom stereocenters. The fourth-order valence-corrected chi connectivity index (χ4v) is 1.75. The number of halogens is 3. The number of ether oxygens (including phenoxy) is 1. The van der Waals surface area contributed by atoms with E-state index in [0.717, 1.165) is 25.6 Å². The number of nitrogens with zero attached hydrogens (tertiary/aromatic N) is 3. The predicted molar refractivity (Wildman–Crippen MR) is 68.2 cm³/mol. The van der Waals surface area contributed by atoms with Crippen molar-refractivity contribution in [2.24, 2.45) is 0 Å². The molecule has 7 nitrogen and oxygen atoms in total. The van der Waals surface area contributed by atoms with Gasteiger partial charge < -0.3 is 15.6 Å². The minimum Gasteiger partial charge on any atom is -0.496 e. The summed E-state index contributed by atoms with van der Waals surface area (Å²) in [6.45, 7) is 0. The van der Waals surface area contributed by atoms with Gasteiger partial charge in [0.2, 0.25) is 0 Å². The first-order valence-electron chi connectivity index (χ1n) is 5.72. The van der Waals surface area contributed by atoms with Crippen LogP contribution in [-0.2, 0) is 6.18 Å². The molecular weight excluding hydrogens is 305 g/mol. The minimum absolute atomic E-state index is 0.377. The Morgan fingerprint density at radius 1 is 1.36 bits per heavy atom. The predicted octanol–water partition coefficient (Wildman–Crippen LogP) is 1.85. The van der Waals surface area contributed by atoms with Crippen LogP contribution in [0.25, 0.3) is 11.4 Å². The van der Waals surface area contributed by atoms with Crippen molar-refractivity contribution in [3.8, 4) is 17.1 Å². The van der Waals surface area contributed by atoms with Crippen LogP contribution in [0.2, 0.25) is 0 Å². The van der Waals surface area contributed by atoms with E-state index in [4.69, 9.17) is 10.8 Å². The number of anilines is 1. The third-order valence-corrected chi connectivity index (χ3v) is 2.66. The van der Waals surface area contributed by atoms with Gasteiger partial charge in [-0.2, -0.15) is 13.2 Å². The molecule has 0 radical (unpaired) electrons. The number of aromatic carboxylic acids is 1. The Balaban J connectivity index is 2.73. The summed E-state index contributed by atoms with van der Waals surface area (Å²) in [4.78, 5) is 21.7. The average Bonchev–Trinajstić information content (AvgIpc) is 2.45. The third-order valence-electron chi connectivity index (χ3n) is 2.66. The van der Waals surface area contributed by atoms with Gasteiger partial charge in [0, 0.05) is 6.20 Å². The first kappa shape index (κ1) is 15.5. The summed E-state index contributed by atoms with van der Waals surface area (Å²) >= 11 is 0. The molecule has 116 valence electrons. The summed E-state index contributed by atoms with van der Waals surface area (Å²) in [5, 5.41) is 8.92. The normalized spacial score (nSPS) is 11.3. The van der Waals surface area contributed by atoms with E-state index in [1.807, 2.05) is 0 Å². The smallest absolute Gasteiger partial charge is 0.422 e. The molecule has 0 saturated carbocycles. The molecule has 0 unspecified atom stereocenters. The second-order valence-electron chi connectivity index (χ2n) is 4.03. The van der Waals surface area contributed by atoms with Gasteiger partial charge in [-0.05, 0) is 6.07 Å². The fourth-order valence-electron chi connectivity index (χ4n) is 1.75. The zero-order valence-corrected chi connectivity index (χ0v) is 11.0. The van der Waals surface area contributed by atoms with Gasteiger partial charge >= 0.3 is 12.1 Å². The molecule has 22 heavy (non-hydrogen) atoms. The fraction of sp³-hybridized carbons (Fsp3) is 0.167. The number of hydrogen-bond donors (Lipinski definition) is 2. The van der Waals surface area contributed by atoms with Crippen LogP contribution in [0.3, 0.4) is 0 Å². The number of nitrogen functional groups attached to an aromatic ring is 1. The summed E-state index contributed by atoms with van der Waals surface area (Å²) in [6.07, 6.45) is -2.78. The summed E-state index contributed by atoms with van der Waals surface area (Å²) in [6, 6.07) is 1.04. The maximum absolute atomic E-state index is 13.2. The van der Waals surface area contributed by atoms with Crippen molar-refractivity contribution < 1.29 is 27.8 Å². The Kier molecular flexibility index (Phi) is 3.85. The largest absolute Gasteiger partial charge is 0.496 e. The van der Waals surface area contributed by atoms with Gasteiger partial charge in [0.1, 0.15) is 22.7 Å². The van der Waals surface area contributed by atoms with Crippen molar-refractivity contribution in [1.82, 2.24) is 15.0 Å². The molecule has 10 heteroatoms. The van der Waals surface area contributed by atoms with Crippen LogP contribution < -0.4 is 10.5 Å². The van der Waals surface area contributed by atoms with Gasteiger partial charge in [-0.1, -0.05) is 0 Å². The van der Waals surface area contributed by atoms with Gasteiger partial charge in [-0.25, -0.2) is 14.8 Å². The average molecular weight is 314 g/mol. The van der Waals surface area contributed by atoms with E-state index >= 15 is 0 Å². The molecule has 0 aromatic carbocycles. The molecule has 0 bridgehead atoms. The Bertz CT molecular complexity index is 734. The number of alkyl halides is 3. The van der Waals surface area contributed by atoms with E-state index in [1.54, 1.807) is 0 Å². The van der Waals surface area contributed by atoms with Crippen LogP contribution >= 0.6 is 0 Å². The number of hydrogen-bond acceptors (Lipinski definition) is 6. The van der Waals surface area contributed by atoms with Crippen molar-refractivity contribution in [2.75, 3.05) is 12.8 Å². The van der Waals surface area contributed by atoms with Crippen molar-refractivity contribution in [1.29, 1.82) is 0 Å². The van der Waals surface area contributed by atoms with E-state index in [2.05, 4.69) is 19.7 Å². The van der Waals surface area contributed by atoms with Crippen molar-refractivity contribution in [2.45, 2.75) is 6.18 Å². The molecule has 2 aromatic heterocycles. The monoisotopic (exact) mass is 314 g/mol. The van der Waals surface area contributed by atoms with E-state index < -0.39 is 40.7 Å². The number of methoxy groups -OCH3 is 1. The summed E-state index contributed by atoms with van der Waals surface area (Å²) in [5.74, 6) is -2.39. The number of rotatable bonds is 3. The molecule has 3 N–H and O–H groups in total. The standard InChI is InChI=1S/C12H9F3N4O3/c1-22-6-2-3-17-8(7(6)12(13,14)15)5-4-18-10(16)9(19-5)11(20)21/h2-4H,1H3,(H2,16,18)(H,20,21). The number of carboxylic acids is 1. The minimum atomic E-state index is -4.78. The van der Waals surface area contributed by atoms with E-state index in [0.29, 0.717) is 0 Å². The van der Waals surface area contributed by atoms with Gasteiger partial charge in [-0.3, -0.25) is 4.98 Å². The van der Waals surface area contributed by atoms with Crippen molar-refractivity contribution in [3.05, 3.63) is 29.7 Å². The van der Waals surface area contributed by atoms with Crippen LogP contribution in [0.15, 0.2) is 18.5 Å². The van der Waals surface area contributed by atoms with Gasteiger partial charge in [0.15, 0.2) is 11.5 Å². The molecule has 2 rings (SSSR count). The highest BCUT2D eigenvalue weighted by Gasteiger charge is 2.39. The first-order valence-corrected chi connectivity index (χ1v) is 5.72. The van der Waals surface area contributed by atoms with Crippen LogP contribution in [0.5, 0.6) is 5.75 Å². The molecule has 0 aliphatic rings. The Labute approximate surface area is 121 Å². The second kappa shape index (κ2) is 5.47. The maximum Gasteiger partial charge on any atom is 0.422 e. The molecule has 0 saturated heterocycles. The topological polar surface area (TPSA) is 111 Å². The summed E-state index contributed by atoms with van der Waals surface area (Å²) in [7, 11) is 1.08. The van der Waals surface area contributed by atoms with Gasteiger partial charge in [0.05, 0.1) is 13.3 Å². The molecule has 0 aliphatic carbocycles. The van der Waals surface area contributed by atoms with Crippen LogP contribution in [0.4, 0.5) is 19.0 Å². The highest BCUT2D eigenvalue weighted by atomic mass is 19.4. The lowest BCUT2D eigenvalue weighted by molar-refractivity contribution is -0.138. The third kappa shape index (κ3) is 2.75. The number of pyridine rings is 1. The molecule has 0 aliphatic heterocycles.